The molecule has 0 radical (unpaired) electrons. The van der Waals surface area contributed by atoms with E-state index in [0.29, 0.717) is 5.75 Å². The summed E-state index contributed by atoms with van der Waals surface area (Å²) in [6.07, 6.45) is 2.90. The van der Waals surface area contributed by atoms with Crippen LogP contribution in [0.4, 0.5) is 10.8 Å². The van der Waals surface area contributed by atoms with Crippen molar-refractivity contribution in [2.24, 2.45) is 0 Å². The van der Waals surface area contributed by atoms with E-state index < -0.39 is 0 Å². The number of nitrogens with zero attached hydrogens (tertiary/aromatic N) is 3. The molecule has 1 amide bonds. The zero-order chi connectivity index (χ0) is 20.2. The molecule has 4 rings (SSSR count). The summed E-state index contributed by atoms with van der Waals surface area (Å²) in [7, 11) is 0. The molecule has 0 atom stereocenters. The number of hydrogen-bond acceptors (Lipinski definition) is 7. The number of carbonyl (C=O) groups excluding carboxylic acids is 1. The summed E-state index contributed by atoms with van der Waals surface area (Å²) in [5.74, 6) is 0.570. The molecule has 0 saturated heterocycles. The van der Waals surface area contributed by atoms with Crippen molar-refractivity contribution in [3.63, 3.8) is 0 Å². The summed E-state index contributed by atoms with van der Waals surface area (Å²) < 4.78 is 0.820. The smallest absolute Gasteiger partial charge is 0.233 e. The number of thioether (sulfide) groups is 1. The van der Waals surface area contributed by atoms with Crippen molar-refractivity contribution >= 4 is 51.2 Å². The summed E-state index contributed by atoms with van der Waals surface area (Å²) in [6, 6.07) is 8.53. The molecule has 5 nitrogen and oxygen atoms in total. The van der Waals surface area contributed by atoms with E-state index in [1.165, 1.54) is 44.7 Å². The second kappa shape index (κ2) is 9.28. The molecule has 1 aliphatic rings. The van der Waals surface area contributed by atoms with Crippen molar-refractivity contribution in [3.05, 3.63) is 51.2 Å². The van der Waals surface area contributed by atoms with Crippen molar-refractivity contribution in [2.45, 2.75) is 44.0 Å². The molecule has 8 heteroatoms. The highest BCUT2D eigenvalue weighted by atomic mass is 32.2. The molecule has 0 fully saturated rings. The van der Waals surface area contributed by atoms with Crippen molar-refractivity contribution < 1.29 is 4.79 Å². The summed E-state index contributed by atoms with van der Waals surface area (Å²) in [5, 5.41) is 14.9. The van der Waals surface area contributed by atoms with Crippen molar-refractivity contribution in [1.29, 1.82) is 0 Å². The van der Waals surface area contributed by atoms with Gasteiger partial charge < -0.3 is 10.2 Å². The topological polar surface area (TPSA) is 58.1 Å². The third-order valence-corrected chi connectivity index (χ3v) is 8.10. The molecule has 1 N–H and O–H groups in total. The predicted molar refractivity (Wildman–Crippen MR) is 123 cm³/mol. The molecular weight excluding hydrogens is 420 g/mol. The summed E-state index contributed by atoms with van der Waals surface area (Å²) in [5.41, 5.74) is 4.99. The first-order chi connectivity index (χ1) is 14.2. The fraction of sp³-hybridized carbons (Fsp3) is 0.381. The van der Waals surface area contributed by atoms with Crippen LogP contribution in [-0.4, -0.2) is 33.3 Å². The monoisotopic (exact) mass is 444 g/mol. The van der Waals surface area contributed by atoms with Crippen LogP contribution in [0.25, 0.3) is 0 Å². The highest BCUT2D eigenvalue weighted by molar-refractivity contribution is 8.01. The maximum atomic E-state index is 12.6. The van der Waals surface area contributed by atoms with Gasteiger partial charge in [-0.05, 0) is 47.4 Å². The lowest BCUT2D eigenvalue weighted by Crippen LogP contribution is -2.36. The molecule has 1 aromatic carbocycles. The van der Waals surface area contributed by atoms with Gasteiger partial charge in [-0.25, -0.2) is 0 Å². The van der Waals surface area contributed by atoms with E-state index in [-0.39, 0.29) is 5.91 Å². The van der Waals surface area contributed by atoms with Gasteiger partial charge in [-0.1, -0.05) is 55.1 Å². The Bertz CT molecular complexity index is 975. The van der Waals surface area contributed by atoms with Crippen molar-refractivity contribution in [3.8, 4) is 0 Å². The minimum Gasteiger partial charge on any atom is -0.337 e. The molecule has 0 aliphatic carbocycles. The van der Waals surface area contributed by atoms with Crippen LogP contribution in [0.1, 0.15) is 35.4 Å². The van der Waals surface area contributed by atoms with E-state index >= 15 is 0 Å². The minimum atomic E-state index is 0.168. The van der Waals surface area contributed by atoms with Gasteiger partial charge in [0.15, 0.2) is 4.34 Å². The molecule has 0 saturated carbocycles. The van der Waals surface area contributed by atoms with Crippen LogP contribution in [0.2, 0.25) is 0 Å². The van der Waals surface area contributed by atoms with Crippen LogP contribution >= 0.6 is 34.4 Å². The Morgan fingerprint density at radius 1 is 1.21 bits per heavy atom. The summed E-state index contributed by atoms with van der Waals surface area (Å²) in [4.78, 5) is 16.0. The van der Waals surface area contributed by atoms with Gasteiger partial charge in [-0.3, -0.25) is 4.79 Å². The number of benzene rings is 1. The average Bonchev–Trinajstić information content (AvgIpc) is 3.40. The number of thiophene rings is 1. The standard InChI is InChI=1S/C21H24N4OS3/c1-3-14-6-5-7-15(4-2)19(14)22-20-23-24-21(29-20)28-13-18(26)25-10-8-17-16(12-25)9-11-27-17/h5-7,9,11H,3-4,8,10,12-13H2,1-2H3,(H,22,23). The second-order valence-corrected chi connectivity index (χ2v) is 10.1. The third kappa shape index (κ3) is 4.65. The lowest BCUT2D eigenvalue weighted by Gasteiger charge is -2.26. The first-order valence-corrected chi connectivity index (χ1v) is 12.5. The Balaban J connectivity index is 1.36. The first-order valence-electron chi connectivity index (χ1n) is 9.85. The van der Waals surface area contributed by atoms with Gasteiger partial charge in [0.25, 0.3) is 0 Å². The molecule has 3 aromatic rings. The van der Waals surface area contributed by atoms with E-state index in [4.69, 9.17) is 0 Å². The molecule has 152 valence electrons. The quantitative estimate of drug-likeness (QED) is 0.511. The Morgan fingerprint density at radius 3 is 2.76 bits per heavy atom. The molecule has 1 aliphatic heterocycles. The molecule has 29 heavy (non-hydrogen) atoms. The van der Waals surface area contributed by atoms with Crippen LogP contribution in [0.3, 0.4) is 0 Å². The Labute approximate surface area is 183 Å². The van der Waals surface area contributed by atoms with Gasteiger partial charge in [0.05, 0.1) is 5.75 Å². The van der Waals surface area contributed by atoms with E-state index in [1.807, 2.05) is 4.90 Å². The van der Waals surface area contributed by atoms with Crippen LogP contribution in [0.15, 0.2) is 34.0 Å². The zero-order valence-corrected chi connectivity index (χ0v) is 19.1. The van der Waals surface area contributed by atoms with Crippen LogP contribution in [-0.2, 0) is 30.6 Å². The molecular formula is C21H24N4OS3. The number of carbonyl (C=O) groups is 1. The van der Waals surface area contributed by atoms with Gasteiger partial charge in [-0.15, -0.1) is 21.5 Å². The number of anilines is 2. The zero-order valence-electron chi connectivity index (χ0n) is 16.6. The summed E-state index contributed by atoms with van der Waals surface area (Å²) >= 11 is 4.77. The van der Waals surface area contributed by atoms with Crippen molar-refractivity contribution in [2.75, 3.05) is 17.6 Å². The van der Waals surface area contributed by atoms with Crippen LogP contribution in [0.5, 0.6) is 0 Å². The van der Waals surface area contributed by atoms with Crippen LogP contribution < -0.4 is 5.32 Å². The number of hydrogen-bond donors (Lipinski definition) is 1. The third-order valence-electron chi connectivity index (χ3n) is 5.12. The van der Waals surface area contributed by atoms with Gasteiger partial charge in [-0.2, -0.15) is 0 Å². The van der Waals surface area contributed by atoms with E-state index in [9.17, 15) is 4.79 Å². The maximum absolute atomic E-state index is 12.6. The maximum Gasteiger partial charge on any atom is 0.233 e. The predicted octanol–water partition coefficient (Wildman–Crippen LogP) is 5.15. The second-order valence-electron chi connectivity index (χ2n) is 6.88. The van der Waals surface area contributed by atoms with Crippen molar-refractivity contribution in [1.82, 2.24) is 15.1 Å². The van der Waals surface area contributed by atoms with E-state index in [2.05, 4.69) is 59.0 Å². The minimum absolute atomic E-state index is 0.168. The molecule has 2 aromatic heterocycles. The Hall–Kier alpha value is -1.90. The SMILES string of the molecule is CCc1cccc(CC)c1Nc1nnc(SCC(=O)N2CCc3sccc3C2)s1. The van der Waals surface area contributed by atoms with Gasteiger partial charge in [0.2, 0.25) is 11.0 Å². The van der Waals surface area contributed by atoms with Crippen LogP contribution in [0, 0.1) is 0 Å². The number of amides is 1. The number of aryl methyl sites for hydroxylation is 2. The highest BCUT2D eigenvalue weighted by Gasteiger charge is 2.22. The molecule has 3 heterocycles. The fourth-order valence-corrected chi connectivity index (χ4v) is 6.05. The summed E-state index contributed by atoms with van der Waals surface area (Å²) in [6.45, 7) is 5.86. The Morgan fingerprint density at radius 2 is 2.00 bits per heavy atom. The number of aromatic nitrogens is 2. The number of rotatable bonds is 7. The average molecular weight is 445 g/mol. The number of fused-ring (bicyclic) bond motifs is 1. The lowest BCUT2D eigenvalue weighted by atomic mass is 10.0. The van der Waals surface area contributed by atoms with Gasteiger partial charge in [0.1, 0.15) is 0 Å². The largest absolute Gasteiger partial charge is 0.337 e. The van der Waals surface area contributed by atoms with E-state index in [0.717, 1.165) is 47.5 Å². The molecule has 0 bridgehead atoms. The first kappa shape index (κ1) is 20.4. The lowest BCUT2D eigenvalue weighted by molar-refractivity contribution is -0.129. The van der Waals surface area contributed by atoms with Gasteiger partial charge in [0, 0.05) is 23.7 Å². The molecule has 0 spiro atoms. The highest BCUT2D eigenvalue weighted by Crippen LogP contribution is 2.32. The normalized spacial score (nSPS) is 13.4. The number of nitrogens with one attached hydrogen (secondary N) is 1. The Kier molecular flexibility index (Phi) is 6.52. The van der Waals surface area contributed by atoms with E-state index in [1.54, 1.807) is 11.3 Å². The number of para-hydroxylation sites is 1. The fourth-order valence-electron chi connectivity index (χ4n) is 3.50. The van der Waals surface area contributed by atoms with Gasteiger partial charge >= 0.3 is 0 Å². The molecule has 0 unspecified atom stereocenters.